The van der Waals surface area contributed by atoms with Crippen LogP contribution in [0.4, 0.5) is 0 Å². The van der Waals surface area contributed by atoms with Crippen LogP contribution in [0, 0.1) is 0 Å². The lowest BCUT2D eigenvalue weighted by Gasteiger charge is -2.44. The van der Waals surface area contributed by atoms with Crippen molar-refractivity contribution in [3.8, 4) is 11.5 Å². The van der Waals surface area contributed by atoms with Crippen LogP contribution in [-0.4, -0.2) is 41.4 Å². The van der Waals surface area contributed by atoms with Crippen LogP contribution in [0.15, 0.2) is 46.9 Å². The number of rotatable bonds is 3. The van der Waals surface area contributed by atoms with E-state index in [-0.39, 0.29) is 11.7 Å². The van der Waals surface area contributed by atoms with Crippen molar-refractivity contribution in [1.82, 2.24) is 4.90 Å². The van der Waals surface area contributed by atoms with Gasteiger partial charge in [0.25, 0.3) is 5.91 Å². The van der Waals surface area contributed by atoms with Crippen LogP contribution in [0.2, 0.25) is 5.02 Å². The molecule has 0 N–H and O–H groups in total. The molecule has 1 unspecified atom stereocenters. The number of carbonyl (C=O) groups is 2. The number of piperidine rings is 1. The summed E-state index contributed by atoms with van der Waals surface area (Å²) < 4.78 is 13.0. The van der Waals surface area contributed by atoms with Gasteiger partial charge in [-0.2, -0.15) is 0 Å². The molecule has 0 radical (unpaired) electrons. The highest BCUT2D eigenvalue weighted by molar-refractivity contribution is 9.10. The summed E-state index contributed by atoms with van der Waals surface area (Å²) in [5.41, 5.74) is -0.0111. The predicted octanol–water partition coefficient (Wildman–Crippen LogP) is 4.90. The lowest BCUT2D eigenvalue weighted by atomic mass is 9.82. The second-order valence-corrected chi connectivity index (χ2v) is 8.92. The van der Waals surface area contributed by atoms with Gasteiger partial charge in [-0.15, -0.1) is 0 Å². The van der Waals surface area contributed by atoms with Crippen molar-refractivity contribution in [3.63, 3.8) is 0 Å². The Labute approximate surface area is 183 Å². The number of halogens is 2. The first-order valence-corrected chi connectivity index (χ1v) is 10.8. The molecule has 1 spiro atoms. The Morgan fingerprint density at radius 1 is 1.21 bits per heavy atom. The average Bonchev–Trinajstić information content (AvgIpc) is 2.70. The quantitative estimate of drug-likeness (QED) is 0.630. The number of hydrogen-bond acceptors (Lipinski definition) is 4. The molecule has 2 aliphatic rings. The second kappa shape index (κ2) is 8.00. The first kappa shape index (κ1) is 20.2. The highest BCUT2D eigenvalue weighted by atomic mass is 79.9. The maximum atomic E-state index is 12.8. The van der Waals surface area contributed by atoms with Crippen molar-refractivity contribution < 1.29 is 19.1 Å². The third-order valence-electron chi connectivity index (χ3n) is 5.51. The van der Waals surface area contributed by atoms with Gasteiger partial charge in [0.2, 0.25) is 0 Å². The normalized spacial score (nSPS) is 18.7. The van der Waals surface area contributed by atoms with Gasteiger partial charge in [0.15, 0.2) is 11.9 Å². The summed E-state index contributed by atoms with van der Waals surface area (Å²) in [5, 5.41) is 0.525. The highest BCUT2D eigenvalue weighted by Crippen LogP contribution is 2.40. The fraction of sp³-hybridized carbons (Fsp3) is 0.364. The number of ether oxygens (including phenoxy) is 2. The molecule has 1 atom stereocenters. The highest BCUT2D eigenvalue weighted by Gasteiger charge is 2.44. The molecule has 1 fully saturated rings. The summed E-state index contributed by atoms with van der Waals surface area (Å²) in [6.45, 7) is 2.82. The molecule has 7 heteroatoms. The molecule has 2 heterocycles. The van der Waals surface area contributed by atoms with Crippen molar-refractivity contribution in [2.75, 3.05) is 13.1 Å². The number of likely N-dealkylation sites (tertiary alicyclic amines) is 1. The number of hydrogen-bond donors (Lipinski definition) is 0. The lowest BCUT2D eigenvalue weighted by Crippen LogP contribution is -2.54. The molecular formula is C22H21BrClNO4. The summed E-state index contributed by atoms with van der Waals surface area (Å²) in [4.78, 5) is 27.2. The maximum Gasteiger partial charge on any atom is 0.263 e. The summed E-state index contributed by atoms with van der Waals surface area (Å²) in [7, 11) is 0. The van der Waals surface area contributed by atoms with Crippen LogP contribution in [0.3, 0.4) is 0 Å². The summed E-state index contributed by atoms with van der Waals surface area (Å²) in [6, 6.07) is 12.5. The van der Waals surface area contributed by atoms with E-state index in [2.05, 4.69) is 15.9 Å². The largest absolute Gasteiger partial charge is 0.486 e. The molecule has 2 aromatic carbocycles. The smallest absolute Gasteiger partial charge is 0.263 e. The molecule has 0 aliphatic carbocycles. The van der Waals surface area contributed by atoms with Crippen molar-refractivity contribution in [1.29, 1.82) is 0 Å². The van der Waals surface area contributed by atoms with Crippen molar-refractivity contribution in [2.45, 2.75) is 37.9 Å². The maximum absolute atomic E-state index is 12.8. The second-order valence-electron chi connectivity index (χ2n) is 7.56. The number of amides is 1. The van der Waals surface area contributed by atoms with Gasteiger partial charge in [-0.25, -0.2) is 0 Å². The molecule has 29 heavy (non-hydrogen) atoms. The van der Waals surface area contributed by atoms with E-state index in [1.54, 1.807) is 30.0 Å². The number of carbonyl (C=O) groups excluding carboxylic acids is 2. The number of ketones is 1. The van der Waals surface area contributed by atoms with Crippen molar-refractivity contribution >= 4 is 39.2 Å². The van der Waals surface area contributed by atoms with Crippen LogP contribution >= 0.6 is 27.5 Å². The minimum atomic E-state index is -0.581. The van der Waals surface area contributed by atoms with Gasteiger partial charge in [-0.05, 0) is 49.4 Å². The van der Waals surface area contributed by atoms with E-state index in [0.29, 0.717) is 54.4 Å². The third-order valence-corrected chi connectivity index (χ3v) is 6.28. The van der Waals surface area contributed by atoms with Gasteiger partial charge in [-0.1, -0.05) is 27.5 Å². The standard InChI is InChI=1S/C22H21BrClNO4/c1-14(28-17-5-2-15(23)3-6-17)21(27)25-10-8-22(9-11-25)13-19(26)18-12-16(24)4-7-20(18)29-22/h2-7,12,14H,8-11,13H2,1H3. The summed E-state index contributed by atoms with van der Waals surface area (Å²) in [5.74, 6) is 1.22. The fourth-order valence-electron chi connectivity index (χ4n) is 3.90. The van der Waals surface area contributed by atoms with Gasteiger partial charge >= 0.3 is 0 Å². The van der Waals surface area contributed by atoms with Crippen molar-refractivity contribution in [3.05, 3.63) is 57.5 Å². The molecular weight excluding hydrogens is 458 g/mol. The molecule has 0 bridgehead atoms. The molecule has 1 amide bonds. The minimum Gasteiger partial charge on any atom is -0.486 e. The molecule has 0 aromatic heterocycles. The SMILES string of the molecule is CC(Oc1ccc(Br)cc1)C(=O)N1CCC2(CC1)CC(=O)c1cc(Cl)ccc1O2. The van der Waals surface area contributed by atoms with E-state index < -0.39 is 11.7 Å². The van der Waals surface area contributed by atoms with Crippen LogP contribution in [0.1, 0.15) is 36.5 Å². The van der Waals surface area contributed by atoms with Crippen LogP contribution in [0.25, 0.3) is 0 Å². The van der Waals surface area contributed by atoms with Crippen molar-refractivity contribution in [2.24, 2.45) is 0 Å². The zero-order chi connectivity index (χ0) is 20.6. The molecule has 152 valence electrons. The number of fused-ring (bicyclic) bond motifs is 1. The first-order chi connectivity index (χ1) is 13.8. The zero-order valence-corrected chi connectivity index (χ0v) is 18.3. The van der Waals surface area contributed by atoms with Gasteiger partial charge in [0.1, 0.15) is 17.1 Å². The van der Waals surface area contributed by atoms with E-state index in [4.69, 9.17) is 21.1 Å². The van der Waals surface area contributed by atoms with Crippen LogP contribution < -0.4 is 9.47 Å². The molecule has 5 nitrogen and oxygen atoms in total. The summed E-state index contributed by atoms with van der Waals surface area (Å²) >= 11 is 9.39. The van der Waals surface area contributed by atoms with Gasteiger partial charge in [-0.3, -0.25) is 9.59 Å². The minimum absolute atomic E-state index is 0.0421. The molecule has 1 saturated heterocycles. The van der Waals surface area contributed by atoms with Gasteiger partial charge < -0.3 is 14.4 Å². The Bertz CT molecular complexity index is 938. The lowest BCUT2D eigenvalue weighted by molar-refractivity contribution is -0.141. The Hall–Kier alpha value is -2.05. The van der Waals surface area contributed by atoms with Gasteiger partial charge in [0.05, 0.1) is 12.0 Å². The van der Waals surface area contributed by atoms with Crippen LogP contribution in [0.5, 0.6) is 11.5 Å². The Morgan fingerprint density at radius 3 is 2.59 bits per heavy atom. The van der Waals surface area contributed by atoms with Gasteiger partial charge in [0, 0.05) is 35.4 Å². The average molecular weight is 479 g/mol. The monoisotopic (exact) mass is 477 g/mol. The summed E-state index contributed by atoms with van der Waals surface area (Å²) in [6.07, 6.45) is 0.949. The number of benzene rings is 2. The third kappa shape index (κ3) is 4.28. The fourth-order valence-corrected chi connectivity index (χ4v) is 4.34. The molecule has 2 aliphatic heterocycles. The Kier molecular flexibility index (Phi) is 5.58. The first-order valence-electron chi connectivity index (χ1n) is 9.58. The predicted molar refractivity (Wildman–Crippen MR) is 114 cm³/mol. The number of nitrogens with zero attached hydrogens (tertiary/aromatic N) is 1. The van der Waals surface area contributed by atoms with E-state index in [1.807, 2.05) is 24.3 Å². The molecule has 4 rings (SSSR count). The van der Waals surface area contributed by atoms with Crippen LogP contribution in [-0.2, 0) is 4.79 Å². The zero-order valence-electron chi connectivity index (χ0n) is 16.0. The number of Topliss-reactive ketones (excluding diaryl/α,β-unsaturated/α-hetero) is 1. The van der Waals surface area contributed by atoms with E-state index in [1.165, 1.54) is 0 Å². The topological polar surface area (TPSA) is 55.8 Å². The Balaban J connectivity index is 1.39. The van der Waals surface area contributed by atoms with E-state index >= 15 is 0 Å². The van der Waals surface area contributed by atoms with E-state index in [0.717, 1.165) is 4.47 Å². The van der Waals surface area contributed by atoms with E-state index in [9.17, 15) is 9.59 Å². The molecule has 0 saturated carbocycles. The molecule has 2 aromatic rings. The Morgan fingerprint density at radius 2 is 1.90 bits per heavy atom.